The molecule has 0 aromatic heterocycles. The summed E-state index contributed by atoms with van der Waals surface area (Å²) in [6, 6.07) is 5.76. The Balaban J connectivity index is 1.65. The molecule has 0 bridgehead atoms. The number of hydrogen-bond acceptors (Lipinski definition) is 2. The van der Waals surface area contributed by atoms with Crippen molar-refractivity contribution in [1.82, 2.24) is 0 Å². The van der Waals surface area contributed by atoms with Gasteiger partial charge in [0.15, 0.2) is 0 Å². The quantitative estimate of drug-likeness (QED) is 0.896. The fourth-order valence-electron chi connectivity index (χ4n) is 3.49. The number of benzene rings is 1. The second-order valence-electron chi connectivity index (χ2n) is 6.14. The lowest BCUT2D eigenvalue weighted by atomic mass is 9.76. The minimum Gasteiger partial charge on any atom is -0.493 e. The van der Waals surface area contributed by atoms with Gasteiger partial charge in [-0.1, -0.05) is 12.1 Å². The van der Waals surface area contributed by atoms with E-state index in [1.165, 1.54) is 0 Å². The zero-order valence-corrected chi connectivity index (χ0v) is 11.8. The Morgan fingerprint density at radius 2 is 1.86 bits per heavy atom. The van der Waals surface area contributed by atoms with E-state index in [0.717, 1.165) is 23.3 Å². The lowest BCUT2D eigenvalue weighted by Crippen LogP contribution is -2.31. The number of ether oxygens (including phenoxy) is 1. The highest BCUT2D eigenvalue weighted by Gasteiger charge is 2.42. The van der Waals surface area contributed by atoms with Crippen LogP contribution in [0.3, 0.4) is 0 Å². The van der Waals surface area contributed by atoms with Gasteiger partial charge < -0.3 is 10.5 Å². The Hall–Kier alpha value is -1.23. The van der Waals surface area contributed by atoms with E-state index in [9.17, 15) is 13.2 Å². The van der Waals surface area contributed by atoms with E-state index >= 15 is 0 Å². The summed E-state index contributed by atoms with van der Waals surface area (Å²) in [7, 11) is 0. The molecule has 2 aliphatic rings. The average molecular weight is 299 g/mol. The van der Waals surface area contributed by atoms with Gasteiger partial charge in [0.25, 0.3) is 0 Å². The molecule has 0 spiro atoms. The van der Waals surface area contributed by atoms with E-state index in [4.69, 9.17) is 10.5 Å². The van der Waals surface area contributed by atoms with Crippen LogP contribution in [0.5, 0.6) is 5.75 Å². The van der Waals surface area contributed by atoms with E-state index in [0.29, 0.717) is 19.4 Å². The van der Waals surface area contributed by atoms with Crippen molar-refractivity contribution in [2.45, 2.75) is 44.3 Å². The summed E-state index contributed by atoms with van der Waals surface area (Å²) in [6.07, 6.45) is -1.65. The summed E-state index contributed by atoms with van der Waals surface area (Å²) >= 11 is 0. The minimum atomic E-state index is -4.06. The molecular weight excluding hydrogens is 279 g/mol. The molecule has 116 valence electrons. The zero-order valence-electron chi connectivity index (χ0n) is 11.8. The highest BCUT2D eigenvalue weighted by molar-refractivity contribution is 5.40. The number of nitrogens with two attached hydrogens (primary N) is 1. The predicted molar refractivity (Wildman–Crippen MR) is 74.1 cm³/mol. The third-order valence-corrected chi connectivity index (χ3v) is 4.84. The van der Waals surface area contributed by atoms with Gasteiger partial charge in [0.1, 0.15) is 5.75 Å². The van der Waals surface area contributed by atoms with Gasteiger partial charge >= 0.3 is 6.18 Å². The average Bonchev–Trinajstić information content (AvgIpc) is 2.93. The molecule has 1 fully saturated rings. The van der Waals surface area contributed by atoms with Gasteiger partial charge in [-0.15, -0.1) is 0 Å². The first-order chi connectivity index (χ1) is 9.95. The number of halogens is 3. The lowest BCUT2D eigenvalue weighted by molar-refractivity contribution is -0.184. The van der Waals surface area contributed by atoms with Gasteiger partial charge in [0.05, 0.1) is 12.5 Å². The second-order valence-corrected chi connectivity index (χ2v) is 6.14. The van der Waals surface area contributed by atoms with Crippen molar-refractivity contribution >= 4 is 0 Å². The van der Waals surface area contributed by atoms with Crippen LogP contribution in [0.4, 0.5) is 13.2 Å². The summed E-state index contributed by atoms with van der Waals surface area (Å²) in [6.45, 7) is 0.699. The van der Waals surface area contributed by atoms with Gasteiger partial charge in [-0.05, 0) is 48.8 Å². The topological polar surface area (TPSA) is 35.2 Å². The van der Waals surface area contributed by atoms with Crippen LogP contribution in [0.15, 0.2) is 18.2 Å². The van der Waals surface area contributed by atoms with Crippen molar-refractivity contribution in [2.24, 2.45) is 17.6 Å². The van der Waals surface area contributed by atoms with Crippen LogP contribution >= 0.6 is 0 Å². The first-order valence-electron chi connectivity index (χ1n) is 7.53. The maximum atomic E-state index is 12.7. The molecule has 1 aromatic rings. The van der Waals surface area contributed by atoms with E-state index in [2.05, 4.69) is 6.07 Å². The maximum absolute atomic E-state index is 12.7. The molecular formula is C16H20F3NO. The third kappa shape index (κ3) is 3.03. The van der Waals surface area contributed by atoms with Crippen LogP contribution in [0.2, 0.25) is 0 Å². The standard InChI is InChI=1S/C16H20F3NO/c17-16(18,19)13-4-1-10(2-5-13)15(20)12-3-6-14-11(9-12)7-8-21-14/h3,6,9-10,13,15H,1-2,4-5,7-8,20H2. The van der Waals surface area contributed by atoms with Crippen LogP contribution in [-0.4, -0.2) is 12.8 Å². The normalized spacial score (nSPS) is 27.0. The highest BCUT2D eigenvalue weighted by atomic mass is 19.4. The third-order valence-electron chi connectivity index (χ3n) is 4.84. The largest absolute Gasteiger partial charge is 0.493 e. The first-order valence-corrected chi connectivity index (χ1v) is 7.53. The van der Waals surface area contributed by atoms with Crippen molar-refractivity contribution in [3.8, 4) is 5.75 Å². The van der Waals surface area contributed by atoms with Crippen LogP contribution in [-0.2, 0) is 6.42 Å². The Labute approximate surface area is 122 Å². The lowest BCUT2D eigenvalue weighted by Gasteiger charge is -2.33. The maximum Gasteiger partial charge on any atom is 0.391 e. The molecule has 1 heterocycles. The minimum absolute atomic E-state index is 0.143. The fourth-order valence-corrected chi connectivity index (χ4v) is 3.49. The number of fused-ring (bicyclic) bond motifs is 1. The summed E-state index contributed by atoms with van der Waals surface area (Å²) in [5.74, 6) is -0.0925. The van der Waals surface area contributed by atoms with Crippen molar-refractivity contribution in [3.63, 3.8) is 0 Å². The monoisotopic (exact) mass is 299 g/mol. The van der Waals surface area contributed by atoms with Crippen molar-refractivity contribution in [1.29, 1.82) is 0 Å². The molecule has 0 amide bonds. The van der Waals surface area contributed by atoms with Gasteiger partial charge in [-0.3, -0.25) is 0 Å². The van der Waals surface area contributed by atoms with Gasteiger partial charge in [0.2, 0.25) is 0 Å². The Kier molecular flexibility index (Phi) is 3.86. The van der Waals surface area contributed by atoms with E-state index in [1.807, 2.05) is 12.1 Å². The summed E-state index contributed by atoms with van der Waals surface area (Å²) < 4.78 is 43.6. The van der Waals surface area contributed by atoms with Gasteiger partial charge in [-0.25, -0.2) is 0 Å². The summed E-state index contributed by atoms with van der Waals surface area (Å²) in [5.41, 5.74) is 8.48. The van der Waals surface area contributed by atoms with Crippen LogP contribution in [0.25, 0.3) is 0 Å². The molecule has 1 aliphatic carbocycles. The van der Waals surface area contributed by atoms with Crippen molar-refractivity contribution in [2.75, 3.05) is 6.61 Å². The highest BCUT2D eigenvalue weighted by Crippen LogP contribution is 2.43. The molecule has 0 radical (unpaired) electrons. The molecule has 1 aromatic carbocycles. The molecule has 21 heavy (non-hydrogen) atoms. The first kappa shape index (κ1) is 14.7. The summed E-state index contributed by atoms with van der Waals surface area (Å²) in [4.78, 5) is 0. The molecule has 3 rings (SSSR count). The Morgan fingerprint density at radius 1 is 1.14 bits per heavy atom. The Morgan fingerprint density at radius 3 is 2.52 bits per heavy atom. The SMILES string of the molecule is NC(c1ccc2c(c1)CCO2)C1CCC(C(F)(F)F)CC1. The van der Waals surface area contributed by atoms with Crippen molar-refractivity contribution in [3.05, 3.63) is 29.3 Å². The predicted octanol–water partition coefficient (Wildman–Crippen LogP) is 3.99. The van der Waals surface area contributed by atoms with Gasteiger partial charge in [-0.2, -0.15) is 13.2 Å². The van der Waals surface area contributed by atoms with E-state index < -0.39 is 12.1 Å². The molecule has 1 unspecified atom stereocenters. The molecule has 2 nitrogen and oxygen atoms in total. The second kappa shape index (κ2) is 5.52. The molecule has 2 N–H and O–H groups in total. The molecule has 1 atom stereocenters. The van der Waals surface area contributed by atoms with E-state index in [1.54, 1.807) is 0 Å². The molecule has 1 saturated carbocycles. The Bertz CT molecular complexity index is 507. The number of rotatable bonds is 2. The number of hydrogen-bond donors (Lipinski definition) is 1. The van der Waals surface area contributed by atoms with Crippen LogP contribution in [0, 0.1) is 11.8 Å². The fraction of sp³-hybridized carbons (Fsp3) is 0.625. The van der Waals surface area contributed by atoms with Crippen LogP contribution < -0.4 is 10.5 Å². The van der Waals surface area contributed by atoms with Gasteiger partial charge in [0, 0.05) is 12.5 Å². The molecule has 5 heteroatoms. The zero-order chi connectivity index (χ0) is 15.0. The van der Waals surface area contributed by atoms with Crippen molar-refractivity contribution < 1.29 is 17.9 Å². The summed E-state index contributed by atoms with van der Waals surface area (Å²) in [5, 5.41) is 0. The van der Waals surface area contributed by atoms with E-state index in [-0.39, 0.29) is 24.8 Å². The smallest absolute Gasteiger partial charge is 0.391 e. The number of alkyl halides is 3. The van der Waals surface area contributed by atoms with Crippen LogP contribution in [0.1, 0.15) is 42.9 Å². The molecule has 0 saturated heterocycles. The molecule has 1 aliphatic heterocycles.